The van der Waals surface area contributed by atoms with Crippen LogP contribution in [-0.4, -0.2) is 73.6 Å². The lowest BCUT2D eigenvalue weighted by Crippen LogP contribution is -2.50. The number of hydrogen-bond donors (Lipinski definition) is 2. The van der Waals surface area contributed by atoms with E-state index in [2.05, 4.69) is 55.8 Å². The van der Waals surface area contributed by atoms with Crippen molar-refractivity contribution in [1.82, 2.24) is 20.4 Å². The van der Waals surface area contributed by atoms with Crippen LogP contribution in [0.4, 0.5) is 0 Å². The molecule has 0 spiro atoms. The number of fused-ring (bicyclic) bond motifs is 1. The number of morpholine rings is 1. The number of nitrogens with one attached hydrogen (secondary N) is 2. The highest BCUT2D eigenvalue weighted by atomic mass is 127. The third-order valence-corrected chi connectivity index (χ3v) is 6.33. The number of likely N-dealkylation sites (tertiary alicyclic amines) is 1. The van der Waals surface area contributed by atoms with Crippen molar-refractivity contribution in [3.05, 3.63) is 71.3 Å². The summed E-state index contributed by atoms with van der Waals surface area (Å²) in [6.45, 7) is 7.72. The number of halogens is 1. The zero-order valence-corrected chi connectivity index (χ0v) is 22.4. The van der Waals surface area contributed by atoms with Crippen molar-refractivity contribution >= 4 is 35.8 Å². The first-order chi connectivity index (χ1) is 16.2. The van der Waals surface area contributed by atoms with Gasteiger partial charge in [-0.1, -0.05) is 49.4 Å². The number of ether oxygens (including phenoxy) is 1. The molecular formula is C26H36IN5O2. The van der Waals surface area contributed by atoms with Gasteiger partial charge in [-0.15, -0.1) is 24.0 Å². The summed E-state index contributed by atoms with van der Waals surface area (Å²) in [5.41, 5.74) is 3.08. The standard InChI is InChI=1S/C26H35N5O2.HI/c1-3-12-28-25(32)22-11-7-10-21(15-22)16-29-26(27-2)31-18-23-24(19-31)33-14-13-30(23)17-20-8-5-4-6-9-20;/h4-11,15,23-24H,3,12-14,16-19H2,1-2H3,(H,27,29)(H,28,32);1H. The van der Waals surface area contributed by atoms with Gasteiger partial charge in [0.15, 0.2) is 5.96 Å². The van der Waals surface area contributed by atoms with Gasteiger partial charge in [0.1, 0.15) is 0 Å². The van der Waals surface area contributed by atoms with E-state index in [9.17, 15) is 4.79 Å². The van der Waals surface area contributed by atoms with Crippen LogP contribution in [0.2, 0.25) is 0 Å². The molecule has 7 nitrogen and oxygen atoms in total. The normalized spacial score (nSPS) is 20.4. The molecule has 2 unspecified atom stereocenters. The van der Waals surface area contributed by atoms with Crippen molar-refractivity contribution < 1.29 is 9.53 Å². The molecule has 2 heterocycles. The molecule has 34 heavy (non-hydrogen) atoms. The molecule has 0 aromatic heterocycles. The number of guanidine groups is 1. The number of amides is 1. The molecule has 2 fully saturated rings. The first-order valence-corrected chi connectivity index (χ1v) is 11.9. The number of carbonyl (C=O) groups excluding carboxylic acids is 1. The Morgan fingerprint density at radius 3 is 2.65 bits per heavy atom. The predicted molar refractivity (Wildman–Crippen MR) is 147 cm³/mol. The fourth-order valence-electron chi connectivity index (χ4n) is 4.62. The molecule has 4 rings (SSSR count). The zero-order valence-electron chi connectivity index (χ0n) is 20.1. The molecule has 2 atom stereocenters. The maximum atomic E-state index is 12.3. The lowest BCUT2D eigenvalue weighted by Gasteiger charge is -2.36. The summed E-state index contributed by atoms with van der Waals surface area (Å²) in [6.07, 6.45) is 1.11. The van der Waals surface area contributed by atoms with Gasteiger partial charge < -0.3 is 20.3 Å². The molecule has 1 amide bonds. The van der Waals surface area contributed by atoms with Gasteiger partial charge in [-0.25, -0.2) is 0 Å². The van der Waals surface area contributed by atoms with E-state index in [0.717, 1.165) is 50.7 Å². The summed E-state index contributed by atoms with van der Waals surface area (Å²) in [6, 6.07) is 18.8. The van der Waals surface area contributed by atoms with E-state index in [4.69, 9.17) is 4.74 Å². The molecule has 2 aromatic carbocycles. The van der Waals surface area contributed by atoms with Crippen LogP contribution >= 0.6 is 24.0 Å². The van der Waals surface area contributed by atoms with E-state index in [1.807, 2.05) is 38.2 Å². The molecule has 8 heteroatoms. The van der Waals surface area contributed by atoms with Crippen LogP contribution < -0.4 is 10.6 Å². The molecule has 2 N–H and O–H groups in total. The van der Waals surface area contributed by atoms with Crippen LogP contribution in [-0.2, 0) is 17.8 Å². The highest BCUT2D eigenvalue weighted by Crippen LogP contribution is 2.24. The van der Waals surface area contributed by atoms with Crippen molar-refractivity contribution in [3.63, 3.8) is 0 Å². The molecule has 2 aliphatic rings. The first-order valence-electron chi connectivity index (χ1n) is 11.9. The Bertz CT molecular complexity index is 955. The lowest BCUT2D eigenvalue weighted by molar-refractivity contribution is -0.0502. The van der Waals surface area contributed by atoms with Gasteiger partial charge in [-0.2, -0.15) is 0 Å². The summed E-state index contributed by atoms with van der Waals surface area (Å²) in [5, 5.41) is 6.42. The molecule has 0 bridgehead atoms. The van der Waals surface area contributed by atoms with Crippen molar-refractivity contribution in [2.45, 2.75) is 38.6 Å². The van der Waals surface area contributed by atoms with Crippen molar-refractivity contribution in [2.75, 3.05) is 39.8 Å². The van der Waals surface area contributed by atoms with Crippen LogP contribution in [0.15, 0.2) is 59.6 Å². The van der Waals surface area contributed by atoms with Crippen LogP contribution in [0.1, 0.15) is 34.8 Å². The van der Waals surface area contributed by atoms with E-state index in [0.29, 0.717) is 24.7 Å². The topological polar surface area (TPSA) is 69.2 Å². The number of carbonyl (C=O) groups is 1. The van der Waals surface area contributed by atoms with Gasteiger partial charge in [-0.05, 0) is 29.7 Å². The smallest absolute Gasteiger partial charge is 0.251 e. The molecule has 0 saturated carbocycles. The Morgan fingerprint density at radius 2 is 1.88 bits per heavy atom. The molecule has 0 radical (unpaired) electrons. The van der Waals surface area contributed by atoms with Gasteiger partial charge in [0.25, 0.3) is 5.91 Å². The summed E-state index contributed by atoms with van der Waals surface area (Å²) < 4.78 is 6.12. The average molecular weight is 578 g/mol. The maximum absolute atomic E-state index is 12.3. The van der Waals surface area contributed by atoms with E-state index in [1.165, 1.54) is 5.56 Å². The van der Waals surface area contributed by atoms with E-state index in [1.54, 1.807) is 0 Å². The van der Waals surface area contributed by atoms with Gasteiger partial charge in [0, 0.05) is 51.9 Å². The van der Waals surface area contributed by atoms with E-state index in [-0.39, 0.29) is 36.0 Å². The molecule has 2 aromatic rings. The Morgan fingerprint density at radius 1 is 1.09 bits per heavy atom. The SMILES string of the molecule is CCCNC(=O)c1cccc(CNC(=NC)N2CC3OCCN(Cc4ccccc4)C3C2)c1.I. The molecule has 184 valence electrons. The van der Waals surface area contributed by atoms with Crippen molar-refractivity contribution in [2.24, 2.45) is 4.99 Å². The Kier molecular flexibility index (Phi) is 10.2. The van der Waals surface area contributed by atoms with Gasteiger partial charge >= 0.3 is 0 Å². The Labute approximate surface area is 220 Å². The van der Waals surface area contributed by atoms with Crippen molar-refractivity contribution in [1.29, 1.82) is 0 Å². The number of nitrogens with zero attached hydrogens (tertiary/aromatic N) is 3. The first kappa shape index (κ1) is 26.4. The van der Waals surface area contributed by atoms with Crippen LogP contribution in [0, 0.1) is 0 Å². The third kappa shape index (κ3) is 6.70. The van der Waals surface area contributed by atoms with Crippen molar-refractivity contribution in [3.8, 4) is 0 Å². The fraction of sp³-hybridized carbons (Fsp3) is 0.462. The number of rotatable bonds is 7. The summed E-state index contributed by atoms with van der Waals surface area (Å²) >= 11 is 0. The number of hydrogen-bond acceptors (Lipinski definition) is 4. The van der Waals surface area contributed by atoms with Gasteiger partial charge in [0.05, 0.1) is 18.8 Å². The molecule has 2 saturated heterocycles. The fourth-order valence-corrected chi connectivity index (χ4v) is 4.62. The highest BCUT2D eigenvalue weighted by Gasteiger charge is 2.41. The summed E-state index contributed by atoms with van der Waals surface area (Å²) in [7, 11) is 1.82. The second-order valence-corrected chi connectivity index (χ2v) is 8.69. The lowest BCUT2D eigenvalue weighted by atomic mass is 10.1. The minimum atomic E-state index is -0.0256. The third-order valence-electron chi connectivity index (χ3n) is 6.33. The highest BCUT2D eigenvalue weighted by molar-refractivity contribution is 14.0. The van der Waals surface area contributed by atoms with Crippen LogP contribution in [0.25, 0.3) is 0 Å². The second-order valence-electron chi connectivity index (χ2n) is 8.69. The predicted octanol–water partition coefficient (Wildman–Crippen LogP) is 3.11. The number of benzene rings is 2. The summed E-state index contributed by atoms with van der Waals surface area (Å²) in [4.78, 5) is 21.6. The zero-order chi connectivity index (χ0) is 23.0. The second kappa shape index (κ2) is 13.1. The molecule has 0 aliphatic carbocycles. The average Bonchev–Trinajstić information content (AvgIpc) is 3.29. The minimum Gasteiger partial charge on any atom is -0.373 e. The monoisotopic (exact) mass is 577 g/mol. The summed E-state index contributed by atoms with van der Waals surface area (Å²) in [5.74, 6) is 0.843. The molecular weight excluding hydrogens is 541 g/mol. The Balaban J connectivity index is 0.00000324. The van der Waals surface area contributed by atoms with Crippen LogP contribution in [0.3, 0.4) is 0 Å². The van der Waals surface area contributed by atoms with E-state index < -0.39 is 0 Å². The maximum Gasteiger partial charge on any atom is 0.251 e. The van der Waals surface area contributed by atoms with Crippen LogP contribution in [0.5, 0.6) is 0 Å². The van der Waals surface area contributed by atoms with E-state index >= 15 is 0 Å². The minimum absolute atomic E-state index is 0. The van der Waals surface area contributed by atoms with Gasteiger partial charge in [-0.3, -0.25) is 14.7 Å². The quantitative estimate of drug-likeness (QED) is 0.301. The molecule has 2 aliphatic heterocycles. The largest absolute Gasteiger partial charge is 0.373 e. The Hall–Kier alpha value is -2.17. The number of aliphatic imine (C=N–C) groups is 1. The van der Waals surface area contributed by atoms with Gasteiger partial charge in [0.2, 0.25) is 0 Å².